The molecule has 0 saturated carbocycles. The molecule has 0 unspecified atom stereocenters. The van der Waals surface area contributed by atoms with Crippen molar-refractivity contribution in [2.24, 2.45) is 7.05 Å². The van der Waals surface area contributed by atoms with E-state index in [2.05, 4.69) is 21.0 Å². The number of hydrogen-bond acceptors (Lipinski definition) is 3. The number of hydrogen-bond donors (Lipinski definition) is 0. The Hall–Kier alpha value is -0.680. The molecule has 1 aromatic rings. The fourth-order valence-corrected chi connectivity index (χ4v) is 1.57. The van der Waals surface area contributed by atoms with Gasteiger partial charge in [0.25, 0.3) is 0 Å². The summed E-state index contributed by atoms with van der Waals surface area (Å²) in [6, 6.07) is 0. The summed E-state index contributed by atoms with van der Waals surface area (Å²) in [6.45, 7) is 3.46. The van der Waals surface area contributed by atoms with Gasteiger partial charge in [-0.2, -0.15) is 5.10 Å². The third kappa shape index (κ3) is 1.88. The Morgan fingerprint density at radius 3 is 2.57 bits per heavy atom. The molecule has 0 fully saturated rings. The highest BCUT2D eigenvalue weighted by atomic mass is 79.9. The van der Waals surface area contributed by atoms with Crippen LogP contribution >= 0.6 is 15.9 Å². The van der Waals surface area contributed by atoms with E-state index in [9.17, 15) is 4.79 Å². The number of Topliss-reactive ketones (excluding diaryl/α,β-unsaturated/α-hetero) is 1. The Labute approximate surface area is 91.4 Å². The van der Waals surface area contributed by atoms with Crippen LogP contribution in [-0.2, 0) is 11.8 Å². The smallest absolute Gasteiger partial charge is 0.213 e. The van der Waals surface area contributed by atoms with Gasteiger partial charge in [0.2, 0.25) is 5.78 Å². The van der Waals surface area contributed by atoms with Gasteiger partial charge in [-0.15, -0.1) is 0 Å². The van der Waals surface area contributed by atoms with E-state index in [4.69, 9.17) is 4.74 Å². The van der Waals surface area contributed by atoms with E-state index in [1.54, 1.807) is 27.1 Å². The molecular weight excluding hydrogens is 248 g/mol. The summed E-state index contributed by atoms with van der Waals surface area (Å²) in [7, 11) is 3.24. The molecule has 0 atom stereocenters. The van der Waals surface area contributed by atoms with E-state index in [-0.39, 0.29) is 5.78 Å². The molecule has 0 aliphatic heterocycles. The molecule has 78 valence electrons. The molecule has 0 aromatic carbocycles. The van der Waals surface area contributed by atoms with E-state index >= 15 is 0 Å². The van der Waals surface area contributed by atoms with E-state index in [0.29, 0.717) is 10.2 Å². The molecule has 0 amide bonds. The fourth-order valence-electron chi connectivity index (χ4n) is 1.04. The molecular formula is C9H13BrN2O2. The summed E-state index contributed by atoms with van der Waals surface area (Å²) in [4.78, 5) is 12.0. The van der Waals surface area contributed by atoms with Crippen molar-refractivity contribution in [1.82, 2.24) is 9.78 Å². The highest BCUT2D eigenvalue weighted by Gasteiger charge is 2.31. The molecule has 0 saturated heterocycles. The number of aryl methyl sites for hydroxylation is 1. The maximum absolute atomic E-state index is 12.0. The van der Waals surface area contributed by atoms with Crippen LogP contribution in [0.4, 0.5) is 0 Å². The van der Waals surface area contributed by atoms with Gasteiger partial charge in [0, 0.05) is 14.2 Å². The monoisotopic (exact) mass is 260 g/mol. The Morgan fingerprint density at radius 1 is 1.64 bits per heavy atom. The van der Waals surface area contributed by atoms with E-state index < -0.39 is 5.60 Å². The largest absolute Gasteiger partial charge is 0.371 e. The van der Waals surface area contributed by atoms with Gasteiger partial charge in [0.1, 0.15) is 11.3 Å². The van der Waals surface area contributed by atoms with Gasteiger partial charge in [0.05, 0.1) is 10.7 Å². The first kappa shape index (κ1) is 11.4. The van der Waals surface area contributed by atoms with Gasteiger partial charge in [0.15, 0.2) is 0 Å². The second-order valence-electron chi connectivity index (χ2n) is 3.51. The molecule has 1 rings (SSSR count). The number of nitrogens with zero attached hydrogens (tertiary/aromatic N) is 2. The number of ketones is 1. The van der Waals surface area contributed by atoms with Crippen LogP contribution in [0, 0.1) is 0 Å². The van der Waals surface area contributed by atoms with Crippen molar-refractivity contribution >= 4 is 21.7 Å². The van der Waals surface area contributed by atoms with Crippen LogP contribution in [0.5, 0.6) is 0 Å². The van der Waals surface area contributed by atoms with E-state index in [1.807, 2.05) is 0 Å². The molecule has 1 aromatic heterocycles. The molecule has 0 spiro atoms. The third-order valence-corrected chi connectivity index (χ3v) is 2.75. The molecule has 0 aliphatic carbocycles. The van der Waals surface area contributed by atoms with Crippen molar-refractivity contribution < 1.29 is 9.53 Å². The van der Waals surface area contributed by atoms with Crippen molar-refractivity contribution in [2.45, 2.75) is 19.4 Å². The van der Waals surface area contributed by atoms with Crippen LogP contribution in [0.2, 0.25) is 0 Å². The zero-order valence-electron chi connectivity index (χ0n) is 8.67. The number of ether oxygens (including phenoxy) is 1. The highest BCUT2D eigenvalue weighted by molar-refractivity contribution is 9.10. The van der Waals surface area contributed by atoms with E-state index in [0.717, 1.165) is 0 Å². The number of rotatable bonds is 3. The van der Waals surface area contributed by atoms with Crippen molar-refractivity contribution in [1.29, 1.82) is 0 Å². The van der Waals surface area contributed by atoms with Crippen molar-refractivity contribution in [3.63, 3.8) is 0 Å². The third-order valence-electron chi connectivity index (χ3n) is 2.17. The highest BCUT2D eigenvalue weighted by Crippen LogP contribution is 2.22. The van der Waals surface area contributed by atoms with Crippen LogP contribution in [-0.4, -0.2) is 28.3 Å². The first-order valence-electron chi connectivity index (χ1n) is 4.17. The SMILES string of the molecule is COC(C)(C)C(=O)c1c(Br)cnn1C. The van der Waals surface area contributed by atoms with Gasteiger partial charge >= 0.3 is 0 Å². The van der Waals surface area contributed by atoms with Gasteiger partial charge in [-0.05, 0) is 29.8 Å². The van der Waals surface area contributed by atoms with Gasteiger partial charge in [-0.25, -0.2) is 0 Å². The van der Waals surface area contributed by atoms with Gasteiger partial charge < -0.3 is 4.74 Å². The van der Waals surface area contributed by atoms with Crippen LogP contribution in [0.3, 0.4) is 0 Å². The van der Waals surface area contributed by atoms with Crippen molar-refractivity contribution in [3.8, 4) is 0 Å². The second-order valence-corrected chi connectivity index (χ2v) is 4.36. The normalized spacial score (nSPS) is 11.8. The summed E-state index contributed by atoms with van der Waals surface area (Å²) in [5, 5.41) is 3.98. The minimum atomic E-state index is -0.823. The molecule has 4 nitrogen and oxygen atoms in total. The number of carbonyl (C=O) groups excluding carboxylic acids is 1. The molecule has 1 heterocycles. The first-order chi connectivity index (χ1) is 6.40. The summed E-state index contributed by atoms with van der Waals surface area (Å²) >= 11 is 3.28. The second kappa shape index (κ2) is 3.82. The Morgan fingerprint density at radius 2 is 2.21 bits per heavy atom. The molecule has 0 aliphatic rings. The van der Waals surface area contributed by atoms with Crippen LogP contribution < -0.4 is 0 Å². The van der Waals surface area contributed by atoms with Crippen LogP contribution in [0.25, 0.3) is 0 Å². The average molecular weight is 261 g/mol. The summed E-state index contributed by atoms with van der Waals surface area (Å²) in [5.41, 5.74) is -0.298. The first-order valence-corrected chi connectivity index (χ1v) is 4.97. The topological polar surface area (TPSA) is 44.1 Å². The standard InChI is InChI=1S/C9H13BrN2O2/c1-9(2,14-4)8(13)7-6(10)5-11-12(7)3/h5H,1-4H3. The minimum absolute atomic E-state index is 0.0909. The van der Waals surface area contributed by atoms with Crippen LogP contribution in [0.1, 0.15) is 24.3 Å². The maximum Gasteiger partial charge on any atom is 0.213 e. The zero-order chi connectivity index (χ0) is 10.9. The lowest BCUT2D eigenvalue weighted by Gasteiger charge is -2.21. The number of methoxy groups -OCH3 is 1. The van der Waals surface area contributed by atoms with Crippen molar-refractivity contribution in [2.75, 3.05) is 7.11 Å². The Balaban J connectivity index is 3.13. The Kier molecular flexibility index (Phi) is 3.11. The zero-order valence-corrected chi connectivity index (χ0v) is 10.3. The summed E-state index contributed by atoms with van der Waals surface area (Å²) in [6.07, 6.45) is 1.60. The van der Waals surface area contributed by atoms with Crippen LogP contribution in [0.15, 0.2) is 10.7 Å². The maximum atomic E-state index is 12.0. The number of halogens is 1. The van der Waals surface area contributed by atoms with Crippen molar-refractivity contribution in [3.05, 3.63) is 16.4 Å². The Bertz CT molecular complexity index is 338. The molecule has 0 radical (unpaired) electrons. The molecule has 0 bridgehead atoms. The average Bonchev–Trinajstić information content (AvgIpc) is 2.45. The van der Waals surface area contributed by atoms with E-state index in [1.165, 1.54) is 11.8 Å². The number of carbonyl (C=O) groups is 1. The number of aromatic nitrogens is 2. The van der Waals surface area contributed by atoms with Gasteiger partial charge in [-0.3, -0.25) is 9.48 Å². The predicted octanol–water partition coefficient (Wildman–Crippen LogP) is 1.79. The summed E-state index contributed by atoms with van der Waals surface area (Å²) < 4.78 is 7.35. The predicted molar refractivity (Wildman–Crippen MR) is 56.3 cm³/mol. The minimum Gasteiger partial charge on any atom is -0.371 e. The quantitative estimate of drug-likeness (QED) is 0.779. The molecule has 14 heavy (non-hydrogen) atoms. The molecule has 0 N–H and O–H groups in total. The lowest BCUT2D eigenvalue weighted by Crippen LogP contribution is -2.35. The summed E-state index contributed by atoms with van der Waals surface area (Å²) in [5.74, 6) is -0.0909. The lowest BCUT2D eigenvalue weighted by atomic mass is 10.0. The fraction of sp³-hybridized carbons (Fsp3) is 0.556. The molecule has 5 heteroatoms. The lowest BCUT2D eigenvalue weighted by molar-refractivity contribution is 0.0219. The van der Waals surface area contributed by atoms with Gasteiger partial charge in [-0.1, -0.05) is 0 Å².